The summed E-state index contributed by atoms with van der Waals surface area (Å²) in [7, 11) is -0.394. The molecule has 11 heteroatoms. The molecule has 2 aliphatic heterocycles. The van der Waals surface area contributed by atoms with Gasteiger partial charge in [0, 0.05) is 38.0 Å². The van der Waals surface area contributed by atoms with Gasteiger partial charge in [0.25, 0.3) is 10.1 Å². The molecule has 0 amide bonds. The van der Waals surface area contributed by atoms with Gasteiger partial charge in [-0.1, -0.05) is 55.8 Å². The number of fused-ring (bicyclic) bond motifs is 4. The minimum atomic E-state index is -3.81. The van der Waals surface area contributed by atoms with Crippen molar-refractivity contribution in [2.24, 2.45) is 0 Å². The number of rotatable bonds is 11. The molecule has 2 aliphatic carbocycles. The van der Waals surface area contributed by atoms with Crippen molar-refractivity contribution in [2.75, 3.05) is 53.6 Å². The number of nitrogens with zero attached hydrogens (tertiary/aromatic N) is 2. The number of aliphatic hydroxyl groups is 1. The Hall–Kier alpha value is -3.03. The second-order valence-electron chi connectivity index (χ2n) is 14.5. The van der Waals surface area contributed by atoms with Gasteiger partial charge < -0.3 is 24.1 Å². The highest BCUT2D eigenvalue weighted by Crippen LogP contribution is 2.37. The maximum absolute atomic E-state index is 12.6. The molecule has 0 aromatic heterocycles. The largest absolute Gasteiger partial charge is 0.496 e. The monoisotopic (exact) mass is 736 g/mol. The molecular formula is C41H56N2O8S. The van der Waals surface area contributed by atoms with E-state index in [1.165, 1.54) is 22.3 Å². The summed E-state index contributed by atoms with van der Waals surface area (Å²) in [6, 6.07) is 19.9. The topological polar surface area (TPSA) is 107 Å². The van der Waals surface area contributed by atoms with Crippen LogP contribution in [-0.4, -0.2) is 113 Å². The van der Waals surface area contributed by atoms with Crippen LogP contribution in [0, 0.1) is 6.92 Å². The first-order valence-corrected chi connectivity index (χ1v) is 20.2. The molecule has 3 aromatic rings. The van der Waals surface area contributed by atoms with Gasteiger partial charge in [-0.3, -0.25) is 14.0 Å². The molecule has 0 spiro atoms. The van der Waals surface area contributed by atoms with E-state index in [0.29, 0.717) is 12.6 Å². The minimum absolute atomic E-state index is 0.0123. The van der Waals surface area contributed by atoms with Crippen molar-refractivity contribution in [1.29, 1.82) is 0 Å². The number of aryl methyl sites for hydroxylation is 1. The molecule has 10 nitrogen and oxygen atoms in total. The van der Waals surface area contributed by atoms with E-state index in [1.807, 2.05) is 25.1 Å². The SMILES string of the molecule is CCCN1C[C@@H](CO)O[C@@H]2Cc3c(cccc3OC)C[C@H]21.CCCN1C[C@@H](COS(=O)(=O)c2ccc(C)cc2)O[C@@H]2Cc3c(cccc3OC)C[C@H]21. The van der Waals surface area contributed by atoms with Crippen molar-refractivity contribution in [2.45, 2.75) is 101 Å². The highest BCUT2D eigenvalue weighted by Gasteiger charge is 2.42. The van der Waals surface area contributed by atoms with Crippen molar-refractivity contribution >= 4 is 10.1 Å². The Morgan fingerprint density at radius 3 is 1.71 bits per heavy atom. The van der Waals surface area contributed by atoms with Crippen molar-refractivity contribution in [3.63, 3.8) is 0 Å². The van der Waals surface area contributed by atoms with E-state index in [9.17, 15) is 13.5 Å². The molecule has 2 saturated heterocycles. The summed E-state index contributed by atoms with van der Waals surface area (Å²) in [5, 5.41) is 9.49. The fraction of sp³-hybridized carbons (Fsp3) is 0.561. The quantitative estimate of drug-likeness (QED) is 0.271. The Kier molecular flexibility index (Phi) is 13.0. The van der Waals surface area contributed by atoms with Crippen LogP contribution in [0.25, 0.3) is 0 Å². The van der Waals surface area contributed by atoms with Crippen molar-refractivity contribution in [3.05, 3.63) is 88.5 Å². The number of methoxy groups -OCH3 is 2. The fourth-order valence-corrected chi connectivity index (χ4v) is 9.38. The first-order valence-electron chi connectivity index (χ1n) is 18.8. The van der Waals surface area contributed by atoms with E-state index in [1.54, 1.807) is 38.5 Å². The highest BCUT2D eigenvalue weighted by atomic mass is 32.2. The molecule has 2 heterocycles. The molecule has 0 saturated carbocycles. The summed E-state index contributed by atoms with van der Waals surface area (Å²) in [5.41, 5.74) is 6.15. The summed E-state index contributed by atoms with van der Waals surface area (Å²) in [6.07, 6.45) is 5.49. The minimum Gasteiger partial charge on any atom is -0.496 e. The van der Waals surface area contributed by atoms with Gasteiger partial charge in [0.05, 0.1) is 56.7 Å². The molecule has 2 fully saturated rings. The molecule has 284 valence electrons. The summed E-state index contributed by atoms with van der Waals surface area (Å²) in [5.74, 6) is 1.85. The zero-order chi connectivity index (χ0) is 36.8. The molecule has 0 unspecified atom stereocenters. The van der Waals surface area contributed by atoms with Crippen LogP contribution in [0.1, 0.15) is 54.5 Å². The van der Waals surface area contributed by atoms with Gasteiger partial charge in [-0.05, 0) is 92.2 Å². The first kappa shape index (κ1) is 38.7. The lowest BCUT2D eigenvalue weighted by molar-refractivity contribution is -0.135. The number of benzene rings is 3. The van der Waals surface area contributed by atoms with E-state index in [4.69, 9.17) is 23.1 Å². The molecular weight excluding hydrogens is 681 g/mol. The summed E-state index contributed by atoms with van der Waals surface area (Å²) in [6.45, 7) is 9.92. The van der Waals surface area contributed by atoms with Crippen LogP contribution in [0.3, 0.4) is 0 Å². The molecule has 3 aromatic carbocycles. The van der Waals surface area contributed by atoms with Crippen LogP contribution < -0.4 is 9.47 Å². The van der Waals surface area contributed by atoms with Crippen LogP contribution >= 0.6 is 0 Å². The Morgan fingerprint density at radius 1 is 0.731 bits per heavy atom. The van der Waals surface area contributed by atoms with E-state index in [2.05, 4.69) is 41.8 Å². The Morgan fingerprint density at radius 2 is 1.23 bits per heavy atom. The van der Waals surface area contributed by atoms with Gasteiger partial charge in [-0.2, -0.15) is 8.42 Å². The zero-order valence-electron chi connectivity index (χ0n) is 31.3. The molecule has 4 aliphatic rings. The van der Waals surface area contributed by atoms with E-state index in [0.717, 1.165) is 75.2 Å². The van der Waals surface area contributed by atoms with E-state index in [-0.39, 0.29) is 48.6 Å². The number of aliphatic hydroxyl groups excluding tert-OH is 1. The van der Waals surface area contributed by atoms with E-state index >= 15 is 0 Å². The maximum atomic E-state index is 12.6. The van der Waals surface area contributed by atoms with Gasteiger partial charge in [0.15, 0.2) is 0 Å². The molecule has 0 radical (unpaired) electrons. The van der Waals surface area contributed by atoms with Gasteiger partial charge in [0.1, 0.15) is 11.5 Å². The predicted octanol–water partition coefficient (Wildman–Crippen LogP) is 4.99. The molecule has 0 bridgehead atoms. The Labute approximate surface area is 310 Å². The maximum Gasteiger partial charge on any atom is 0.297 e. The van der Waals surface area contributed by atoms with Crippen LogP contribution in [-0.2, 0) is 49.5 Å². The summed E-state index contributed by atoms with van der Waals surface area (Å²) >= 11 is 0. The number of ether oxygens (including phenoxy) is 4. The summed E-state index contributed by atoms with van der Waals surface area (Å²) < 4.78 is 54.2. The molecule has 1 N–H and O–H groups in total. The van der Waals surface area contributed by atoms with Crippen molar-refractivity contribution < 1.29 is 36.7 Å². The second-order valence-corrected chi connectivity index (χ2v) is 16.1. The van der Waals surface area contributed by atoms with Crippen LogP contribution in [0.15, 0.2) is 65.6 Å². The average Bonchev–Trinajstić information content (AvgIpc) is 3.15. The molecule has 52 heavy (non-hydrogen) atoms. The molecule has 7 rings (SSSR count). The van der Waals surface area contributed by atoms with Crippen LogP contribution in [0.4, 0.5) is 0 Å². The van der Waals surface area contributed by atoms with Crippen LogP contribution in [0.2, 0.25) is 0 Å². The zero-order valence-corrected chi connectivity index (χ0v) is 32.1. The second kappa shape index (κ2) is 17.4. The number of morpholine rings is 2. The summed E-state index contributed by atoms with van der Waals surface area (Å²) in [4.78, 5) is 5.11. The first-order chi connectivity index (χ1) is 25.2. The Balaban J connectivity index is 0.000000192. The fourth-order valence-electron chi connectivity index (χ4n) is 8.44. The standard InChI is InChI=1S/C24H31NO5S.C17H25NO3/c1-4-12-25-15-19(16-29-31(26,27)20-10-8-17(2)9-11-20)30-24-14-21-18(13-22(24)25)6-5-7-23(21)28-3;1-3-7-18-10-13(11-19)21-17-9-14-12(8-15(17)18)5-4-6-16(14)20-2/h5-11,19,22,24H,4,12-16H2,1-3H3;4-6,13,15,17,19H,3,7-11H2,1-2H3/t19-,22+,24+;13-,15+,17+/m00/s1. The van der Waals surface area contributed by atoms with Crippen molar-refractivity contribution in [3.8, 4) is 11.5 Å². The van der Waals surface area contributed by atoms with Crippen LogP contribution in [0.5, 0.6) is 11.5 Å². The lowest BCUT2D eigenvalue weighted by atomic mass is 9.83. The Bertz CT molecular complexity index is 1730. The van der Waals surface area contributed by atoms with Gasteiger partial charge in [0.2, 0.25) is 0 Å². The van der Waals surface area contributed by atoms with Gasteiger partial charge >= 0.3 is 0 Å². The predicted molar refractivity (Wildman–Crippen MR) is 201 cm³/mol. The van der Waals surface area contributed by atoms with Gasteiger partial charge in [-0.25, -0.2) is 0 Å². The molecule has 6 atom stereocenters. The average molecular weight is 737 g/mol. The van der Waals surface area contributed by atoms with Gasteiger partial charge in [-0.15, -0.1) is 0 Å². The highest BCUT2D eigenvalue weighted by molar-refractivity contribution is 7.86. The third-order valence-electron chi connectivity index (χ3n) is 10.9. The normalized spacial score (nSPS) is 25.8. The third kappa shape index (κ3) is 8.67. The third-order valence-corrected chi connectivity index (χ3v) is 12.2. The number of hydrogen-bond donors (Lipinski definition) is 1. The van der Waals surface area contributed by atoms with Crippen molar-refractivity contribution in [1.82, 2.24) is 9.80 Å². The number of hydrogen-bond acceptors (Lipinski definition) is 10. The lowest BCUT2D eigenvalue weighted by Crippen LogP contribution is -2.59. The lowest BCUT2D eigenvalue weighted by Gasteiger charge is -2.47. The van der Waals surface area contributed by atoms with E-state index < -0.39 is 10.1 Å². The smallest absolute Gasteiger partial charge is 0.297 e.